The Morgan fingerprint density at radius 2 is 1.34 bits per heavy atom. The number of carboxylic acid groups (broad SMARTS) is 2. The number of hydrogen-bond acceptors (Lipinski definition) is 7. The Balaban J connectivity index is 5.28. The molecule has 0 aromatic rings. The Kier molecular flexibility index (Phi) is 12.2. The summed E-state index contributed by atoms with van der Waals surface area (Å²) in [5.41, 5.74) is 10.9. The van der Waals surface area contributed by atoms with Crippen LogP contribution >= 0.6 is 0 Å². The maximum Gasteiger partial charge on any atom is 0.325 e. The van der Waals surface area contributed by atoms with Gasteiger partial charge in [-0.3, -0.25) is 24.0 Å². The van der Waals surface area contributed by atoms with Gasteiger partial charge < -0.3 is 37.6 Å². The second kappa shape index (κ2) is 13.4. The lowest BCUT2D eigenvalue weighted by atomic mass is 10.1. The average Bonchev–Trinajstić information content (AvgIpc) is 2.63. The van der Waals surface area contributed by atoms with Crippen molar-refractivity contribution in [2.45, 2.75) is 70.1 Å². The zero-order chi connectivity index (χ0) is 22.6. The summed E-state index contributed by atoms with van der Waals surface area (Å²) in [6.45, 7) is 3.05. The molecule has 0 rings (SSSR count). The van der Waals surface area contributed by atoms with Crippen molar-refractivity contribution in [1.29, 1.82) is 0 Å². The number of carboxylic acids is 2. The summed E-state index contributed by atoms with van der Waals surface area (Å²) in [7, 11) is 0. The molecule has 0 saturated carbocycles. The molecule has 166 valence electrons. The predicted octanol–water partition coefficient (Wildman–Crippen LogP) is -2.11. The number of nitrogens with one attached hydrogen (secondary N) is 3. The number of nitrogens with two attached hydrogens (primary N) is 2. The molecule has 3 amide bonds. The molecular weight excluding hydrogens is 386 g/mol. The minimum absolute atomic E-state index is 0.188. The van der Waals surface area contributed by atoms with E-state index in [9.17, 15) is 24.0 Å². The molecule has 0 aliphatic rings. The van der Waals surface area contributed by atoms with Crippen LogP contribution in [0.25, 0.3) is 0 Å². The van der Waals surface area contributed by atoms with Crippen LogP contribution in [0.1, 0.15) is 46.0 Å². The van der Waals surface area contributed by atoms with E-state index >= 15 is 0 Å². The van der Waals surface area contributed by atoms with Crippen LogP contribution in [0, 0.1) is 0 Å². The Bertz CT molecular complexity index is 597. The van der Waals surface area contributed by atoms with Gasteiger partial charge in [0.15, 0.2) is 0 Å². The van der Waals surface area contributed by atoms with Gasteiger partial charge in [-0.15, -0.1) is 0 Å². The van der Waals surface area contributed by atoms with Crippen LogP contribution in [0.3, 0.4) is 0 Å². The van der Waals surface area contributed by atoms with E-state index in [1.54, 1.807) is 0 Å². The van der Waals surface area contributed by atoms with Gasteiger partial charge in [-0.25, -0.2) is 0 Å². The van der Waals surface area contributed by atoms with E-state index in [0.29, 0.717) is 19.4 Å². The molecule has 0 aliphatic heterocycles. The van der Waals surface area contributed by atoms with Crippen molar-refractivity contribution in [3.05, 3.63) is 0 Å². The smallest absolute Gasteiger partial charge is 0.325 e. The molecule has 12 nitrogen and oxygen atoms in total. The molecule has 29 heavy (non-hydrogen) atoms. The van der Waals surface area contributed by atoms with Gasteiger partial charge in [-0.1, -0.05) is 0 Å². The molecule has 0 bridgehead atoms. The van der Waals surface area contributed by atoms with Crippen LogP contribution in [-0.2, 0) is 24.0 Å². The van der Waals surface area contributed by atoms with E-state index in [1.165, 1.54) is 13.8 Å². The SMILES string of the molecule is CC(N)C(=O)NC(CCC(=O)O)C(=O)NC(CCCCN)C(=O)NC(C)C(=O)O. The number of aliphatic carboxylic acids is 2. The number of carbonyl (C=O) groups is 5. The van der Waals surface area contributed by atoms with Gasteiger partial charge >= 0.3 is 11.9 Å². The highest BCUT2D eigenvalue weighted by molar-refractivity contribution is 5.94. The number of unbranched alkanes of at least 4 members (excludes halogenated alkanes) is 1. The summed E-state index contributed by atoms with van der Waals surface area (Å²) in [6, 6.07) is -4.38. The summed E-state index contributed by atoms with van der Waals surface area (Å²) >= 11 is 0. The average molecular weight is 417 g/mol. The monoisotopic (exact) mass is 417 g/mol. The van der Waals surface area contributed by atoms with Gasteiger partial charge in [0.25, 0.3) is 0 Å². The van der Waals surface area contributed by atoms with Crippen LogP contribution < -0.4 is 27.4 Å². The summed E-state index contributed by atoms with van der Waals surface area (Å²) in [5, 5.41) is 24.9. The quantitative estimate of drug-likeness (QED) is 0.154. The molecule has 0 spiro atoms. The first-order chi connectivity index (χ1) is 13.5. The molecular formula is C17H31N5O7. The normalized spacial score (nSPS) is 14.8. The van der Waals surface area contributed by atoms with E-state index in [-0.39, 0.29) is 12.8 Å². The fourth-order valence-corrected chi connectivity index (χ4v) is 2.25. The van der Waals surface area contributed by atoms with Crippen molar-refractivity contribution in [2.24, 2.45) is 11.5 Å². The maximum atomic E-state index is 12.6. The lowest BCUT2D eigenvalue weighted by Crippen LogP contribution is -2.56. The fourth-order valence-electron chi connectivity index (χ4n) is 2.25. The van der Waals surface area contributed by atoms with E-state index in [1.807, 2.05) is 0 Å². The van der Waals surface area contributed by atoms with Crippen molar-refractivity contribution in [1.82, 2.24) is 16.0 Å². The molecule has 4 atom stereocenters. The predicted molar refractivity (Wildman–Crippen MR) is 103 cm³/mol. The first kappa shape index (κ1) is 26.3. The van der Waals surface area contributed by atoms with Crippen molar-refractivity contribution in [3.63, 3.8) is 0 Å². The van der Waals surface area contributed by atoms with Crippen molar-refractivity contribution in [2.75, 3.05) is 6.54 Å². The molecule has 0 saturated heterocycles. The van der Waals surface area contributed by atoms with Crippen LogP contribution in [0.4, 0.5) is 0 Å². The van der Waals surface area contributed by atoms with Gasteiger partial charge in [0, 0.05) is 6.42 Å². The number of hydrogen-bond donors (Lipinski definition) is 7. The second-order valence-corrected chi connectivity index (χ2v) is 6.70. The highest BCUT2D eigenvalue weighted by atomic mass is 16.4. The van der Waals surface area contributed by atoms with E-state index < -0.39 is 60.2 Å². The third kappa shape index (κ3) is 11.0. The summed E-state index contributed by atoms with van der Waals surface area (Å²) < 4.78 is 0. The Labute approximate surface area is 168 Å². The largest absolute Gasteiger partial charge is 0.481 e. The van der Waals surface area contributed by atoms with E-state index in [2.05, 4.69) is 16.0 Å². The molecule has 0 aromatic heterocycles. The third-order valence-corrected chi connectivity index (χ3v) is 4.00. The van der Waals surface area contributed by atoms with Gasteiger partial charge in [0.1, 0.15) is 18.1 Å². The highest BCUT2D eigenvalue weighted by Gasteiger charge is 2.28. The minimum Gasteiger partial charge on any atom is -0.481 e. The number of rotatable bonds is 14. The van der Waals surface area contributed by atoms with Crippen molar-refractivity contribution in [3.8, 4) is 0 Å². The summed E-state index contributed by atoms with van der Waals surface area (Å²) in [6.07, 6.45) is 0.661. The van der Waals surface area contributed by atoms with Gasteiger partial charge in [-0.05, 0) is 46.1 Å². The minimum atomic E-state index is -1.24. The number of amides is 3. The maximum absolute atomic E-state index is 12.6. The first-order valence-electron chi connectivity index (χ1n) is 9.30. The molecule has 0 fully saturated rings. The number of carbonyl (C=O) groups excluding carboxylic acids is 3. The topological polar surface area (TPSA) is 214 Å². The summed E-state index contributed by atoms with van der Waals surface area (Å²) in [4.78, 5) is 58.6. The van der Waals surface area contributed by atoms with Gasteiger partial charge in [0.2, 0.25) is 17.7 Å². The molecule has 9 N–H and O–H groups in total. The van der Waals surface area contributed by atoms with Crippen LogP contribution in [0.2, 0.25) is 0 Å². The second-order valence-electron chi connectivity index (χ2n) is 6.70. The van der Waals surface area contributed by atoms with Crippen molar-refractivity contribution < 1.29 is 34.2 Å². The molecule has 0 aromatic carbocycles. The van der Waals surface area contributed by atoms with E-state index in [0.717, 1.165) is 0 Å². The van der Waals surface area contributed by atoms with Crippen LogP contribution in [0.15, 0.2) is 0 Å². The van der Waals surface area contributed by atoms with Crippen LogP contribution in [-0.4, -0.2) is 70.6 Å². The van der Waals surface area contributed by atoms with Crippen molar-refractivity contribution >= 4 is 29.7 Å². The van der Waals surface area contributed by atoms with Gasteiger partial charge in [0.05, 0.1) is 6.04 Å². The Morgan fingerprint density at radius 1 is 0.828 bits per heavy atom. The Morgan fingerprint density at radius 3 is 1.83 bits per heavy atom. The zero-order valence-corrected chi connectivity index (χ0v) is 16.6. The highest BCUT2D eigenvalue weighted by Crippen LogP contribution is 2.05. The van der Waals surface area contributed by atoms with E-state index in [4.69, 9.17) is 21.7 Å². The molecule has 12 heteroatoms. The summed E-state index contributed by atoms with van der Waals surface area (Å²) in [5.74, 6) is -4.53. The zero-order valence-electron chi connectivity index (χ0n) is 16.6. The lowest BCUT2D eigenvalue weighted by Gasteiger charge is -2.24. The molecule has 0 aliphatic carbocycles. The molecule has 0 radical (unpaired) electrons. The van der Waals surface area contributed by atoms with Gasteiger partial charge in [-0.2, -0.15) is 0 Å². The Hall–Kier alpha value is -2.73. The molecule has 4 unspecified atom stereocenters. The lowest BCUT2D eigenvalue weighted by molar-refractivity contribution is -0.141. The third-order valence-electron chi connectivity index (χ3n) is 4.00. The first-order valence-corrected chi connectivity index (χ1v) is 9.30. The van der Waals surface area contributed by atoms with Crippen LogP contribution in [0.5, 0.6) is 0 Å². The molecule has 0 heterocycles. The standard InChI is InChI=1S/C17H31N5O7/c1-9(19)14(25)21-12(6-7-13(23)24)16(27)22-11(5-3-4-8-18)15(26)20-10(2)17(28)29/h9-12H,3-8,18-19H2,1-2H3,(H,20,26)(H,21,25)(H,22,27)(H,23,24)(H,28,29). The fraction of sp³-hybridized carbons (Fsp3) is 0.706.